The summed E-state index contributed by atoms with van der Waals surface area (Å²) >= 11 is 0. The molecule has 1 aliphatic heterocycles. The molecule has 0 spiro atoms. The van der Waals surface area contributed by atoms with Gasteiger partial charge in [-0.15, -0.1) is 0 Å². The zero-order chi connectivity index (χ0) is 13.6. The predicted molar refractivity (Wildman–Crippen MR) is 71.1 cm³/mol. The van der Waals surface area contributed by atoms with Gasteiger partial charge in [-0.2, -0.15) is 0 Å². The lowest BCUT2D eigenvalue weighted by Crippen LogP contribution is -2.54. The Hall–Kier alpha value is -1.10. The van der Waals surface area contributed by atoms with E-state index >= 15 is 0 Å². The lowest BCUT2D eigenvalue weighted by Gasteiger charge is -2.26. The quantitative estimate of drug-likeness (QED) is 0.602. The Morgan fingerprint density at radius 3 is 2.44 bits per heavy atom. The van der Waals surface area contributed by atoms with E-state index in [2.05, 4.69) is 16.0 Å². The van der Waals surface area contributed by atoms with E-state index in [4.69, 9.17) is 0 Å². The summed E-state index contributed by atoms with van der Waals surface area (Å²) in [5.41, 5.74) is -0.387. The summed E-state index contributed by atoms with van der Waals surface area (Å²) in [6.07, 6.45) is 2.75. The number of carbonyl (C=O) groups excluding carboxylic acids is 2. The molecule has 0 aliphatic carbocycles. The highest BCUT2D eigenvalue weighted by molar-refractivity contribution is 5.86. The smallest absolute Gasteiger partial charge is 0.240 e. The fourth-order valence-electron chi connectivity index (χ4n) is 2.20. The van der Waals surface area contributed by atoms with Crippen LogP contribution in [0, 0.1) is 5.92 Å². The molecule has 1 aliphatic rings. The molecule has 104 valence electrons. The van der Waals surface area contributed by atoms with Gasteiger partial charge in [0.05, 0.1) is 5.54 Å². The zero-order valence-electron chi connectivity index (χ0n) is 11.6. The van der Waals surface area contributed by atoms with Gasteiger partial charge in [0, 0.05) is 19.0 Å². The van der Waals surface area contributed by atoms with Crippen LogP contribution in [0.1, 0.15) is 40.0 Å². The highest BCUT2D eigenvalue weighted by Crippen LogP contribution is 2.22. The average Bonchev–Trinajstić information content (AvgIpc) is 2.83. The number of amides is 2. The maximum Gasteiger partial charge on any atom is 0.240 e. The van der Waals surface area contributed by atoms with Crippen molar-refractivity contribution in [2.45, 2.75) is 45.6 Å². The van der Waals surface area contributed by atoms with Gasteiger partial charge in [-0.1, -0.05) is 20.8 Å². The monoisotopic (exact) mass is 255 g/mol. The first-order valence-electron chi connectivity index (χ1n) is 6.83. The Balaban J connectivity index is 2.27. The summed E-state index contributed by atoms with van der Waals surface area (Å²) in [5, 5.41) is 8.97. The molecule has 5 heteroatoms. The number of hydrogen-bond donors (Lipinski definition) is 3. The molecule has 3 N–H and O–H groups in total. The van der Waals surface area contributed by atoms with Crippen LogP contribution in [0.5, 0.6) is 0 Å². The van der Waals surface area contributed by atoms with Gasteiger partial charge in [0.2, 0.25) is 11.8 Å². The van der Waals surface area contributed by atoms with Crippen LogP contribution in [-0.4, -0.2) is 37.0 Å². The number of carbonyl (C=O) groups is 2. The van der Waals surface area contributed by atoms with Crippen LogP contribution in [-0.2, 0) is 9.59 Å². The van der Waals surface area contributed by atoms with Gasteiger partial charge in [-0.3, -0.25) is 9.59 Å². The van der Waals surface area contributed by atoms with Crippen LogP contribution >= 0.6 is 0 Å². The Morgan fingerprint density at radius 1 is 1.28 bits per heavy atom. The molecule has 1 rings (SSSR count). The Morgan fingerprint density at radius 2 is 1.94 bits per heavy atom. The molecule has 1 unspecified atom stereocenters. The van der Waals surface area contributed by atoms with E-state index in [0.717, 1.165) is 25.8 Å². The molecule has 1 heterocycles. The van der Waals surface area contributed by atoms with E-state index in [1.54, 1.807) is 0 Å². The normalized spacial score (nSPS) is 23.1. The summed E-state index contributed by atoms with van der Waals surface area (Å²) in [6.45, 7) is 7.61. The van der Waals surface area contributed by atoms with Crippen LogP contribution in [0.3, 0.4) is 0 Å². The second kappa shape index (κ2) is 6.73. The van der Waals surface area contributed by atoms with Crippen molar-refractivity contribution in [3.05, 3.63) is 0 Å². The number of nitrogens with one attached hydrogen (secondary N) is 3. The third-order valence-electron chi connectivity index (χ3n) is 3.52. The van der Waals surface area contributed by atoms with E-state index in [0.29, 0.717) is 13.1 Å². The van der Waals surface area contributed by atoms with Crippen molar-refractivity contribution < 1.29 is 9.59 Å². The van der Waals surface area contributed by atoms with Crippen molar-refractivity contribution in [2.75, 3.05) is 19.6 Å². The third kappa shape index (κ3) is 3.70. The fraction of sp³-hybridized carbons (Fsp3) is 0.846. The maximum atomic E-state index is 12.1. The summed E-state index contributed by atoms with van der Waals surface area (Å²) in [6, 6.07) is 0. The molecular formula is C13H25N3O2. The van der Waals surface area contributed by atoms with Crippen molar-refractivity contribution in [1.29, 1.82) is 0 Å². The Labute approximate surface area is 109 Å². The first kappa shape index (κ1) is 15.0. The Bertz CT molecular complexity index is 297. The topological polar surface area (TPSA) is 70.2 Å². The molecule has 0 aromatic rings. The van der Waals surface area contributed by atoms with Crippen molar-refractivity contribution in [3.63, 3.8) is 0 Å². The number of hydrogen-bond acceptors (Lipinski definition) is 3. The summed E-state index contributed by atoms with van der Waals surface area (Å²) in [5.74, 6) is 0.0638. The minimum absolute atomic E-state index is 0.0146. The molecule has 0 aromatic carbocycles. The molecular weight excluding hydrogens is 230 g/mol. The van der Waals surface area contributed by atoms with Crippen LogP contribution in [0.4, 0.5) is 0 Å². The molecule has 0 radical (unpaired) electrons. The lowest BCUT2D eigenvalue weighted by atomic mass is 9.93. The van der Waals surface area contributed by atoms with E-state index in [-0.39, 0.29) is 23.3 Å². The zero-order valence-corrected chi connectivity index (χ0v) is 11.6. The minimum Gasteiger partial charge on any atom is -0.354 e. The van der Waals surface area contributed by atoms with Gasteiger partial charge in [-0.05, 0) is 25.8 Å². The standard InChI is InChI=1S/C13H25N3O2/c1-4-13(6-5-7-16-13)12(18)15-9-8-14-11(17)10(2)3/h10,16H,4-9H2,1-3H3,(H,14,17)(H,15,18). The third-order valence-corrected chi connectivity index (χ3v) is 3.52. The molecule has 0 aromatic heterocycles. The molecule has 1 saturated heterocycles. The van der Waals surface area contributed by atoms with Gasteiger partial charge in [-0.25, -0.2) is 0 Å². The lowest BCUT2D eigenvalue weighted by molar-refractivity contribution is -0.128. The van der Waals surface area contributed by atoms with Crippen molar-refractivity contribution in [3.8, 4) is 0 Å². The van der Waals surface area contributed by atoms with Crippen molar-refractivity contribution in [1.82, 2.24) is 16.0 Å². The molecule has 5 nitrogen and oxygen atoms in total. The largest absolute Gasteiger partial charge is 0.354 e. The highest BCUT2D eigenvalue weighted by atomic mass is 16.2. The van der Waals surface area contributed by atoms with Crippen molar-refractivity contribution in [2.24, 2.45) is 5.92 Å². The van der Waals surface area contributed by atoms with Gasteiger partial charge < -0.3 is 16.0 Å². The van der Waals surface area contributed by atoms with Gasteiger partial charge in [0.25, 0.3) is 0 Å². The summed E-state index contributed by atoms with van der Waals surface area (Å²) in [4.78, 5) is 23.4. The average molecular weight is 255 g/mol. The van der Waals surface area contributed by atoms with Crippen LogP contribution in [0.25, 0.3) is 0 Å². The first-order valence-corrected chi connectivity index (χ1v) is 6.83. The van der Waals surface area contributed by atoms with Crippen LogP contribution in [0.15, 0.2) is 0 Å². The van der Waals surface area contributed by atoms with E-state index in [9.17, 15) is 9.59 Å². The fourth-order valence-corrected chi connectivity index (χ4v) is 2.20. The summed E-state index contributed by atoms with van der Waals surface area (Å²) in [7, 11) is 0. The SMILES string of the molecule is CCC1(C(=O)NCCNC(=O)C(C)C)CCCN1. The van der Waals surface area contributed by atoms with E-state index in [1.807, 2.05) is 20.8 Å². The van der Waals surface area contributed by atoms with E-state index < -0.39 is 0 Å². The first-order chi connectivity index (χ1) is 8.52. The molecule has 18 heavy (non-hydrogen) atoms. The molecule has 1 atom stereocenters. The second-order valence-electron chi connectivity index (χ2n) is 5.17. The Kier molecular flexibility index (Phi) is 5.59. The van der Waals surface area contributed by atoms with Gasteiger partial charge in [0.15, 0.2) is 0 Å². The van der Waals surface area contributed by atoms with E-state index in [1.165, 1.54) is 0 Å². The van der Waals surface area contributed by atoms with Gasteiger partial charge >= 0.3 is 0 Å². The van der Waals surface area contributed by atoms with Crippen molar-refractivity contribution >= 4 is 11.8 Å². The molecule has 0 saturated carbocycles. The van der Waals surface area contributed by atoms with Crippen LogP contribution in [0.2, 0.25) is 0 Å². The summed E-state index contributed by atoms with van der Waals surface area (Å²) < 4.78 is 0. The molecule has 0 bridgehead atoms. The second-order valence-corrected chi connectivity index (χ2v) is 5.17. The molecule has 2 amide bonds. The van der Waals surface area contributed by atoms with Crippen LogP contribution < -0.4 is 16.0 Å². The number of rotatable bonds is 6. The maximum absolute atomic E-state index is 12.1. The highest BCUT2D eigenvalue weighted by Gasteiger charge is 2.38. The predicted octanol–water partition coefficient (Wildman–Crippen LogP) is 0.407. The van der Waals surface area contributed by atoms with Gasteiger partial charge in [0.1, 0.15) is 0 Å². The minimum atomic E-state index is -0.387. The molecule has 1 fully saturated rings.